The van der Waals surface area contributed by atoms with E-state index in [-0.39, 0.29) is 0 Å². The maximum atomic E-state index is 11.8. The number of anilines is 1. The number of nitrogens with one attached hydrogen (secondary N) is 2. The maximum Gasteiger partial charge on any atom is 0.309 e. The van der Waals surface area contributed by atoms with E-state index in [2.05, 4.69) is 20.5 Å². The highest BCUT2D eigenvalue weighted by Gasteiger charge is 2.23. The Balaban J connectivity index is 1.72. The van der Waals surface area contributed by atoms with E-state index in [1.165, 1.54) is 5.69 Å². The minimum Gasteiger partial charge on any atom is -0.371 e. The van der Waals surface area contributed by atoms with E-state index in [1.54, 1.807) is 12.4 Å². The van der Waals surface area contributed by atoms with Crippen LogP contribution >= 0.6 is 0 Å². The van der Waals surface area contributed by atoms with Crippen molar-refractivity contribution in [2.45, 2.75) is 39.2 Å². The number of hydrogen-bond acceptors (Lipinski definition) is 4. The molecule has 126 valence electrons. The van der Waals surface area contributed by atoms with Crippen molar-refractivity contribution >= 4 is 17.5 Å². The first kappa shape index (κ1) is 17.2. The molecule has 1 aliphatic heterocycles. The number of nitrogens with zero attached hydrogens (tertiary/aromatic N) is 2. The highest BCUT2D eigenvalue weighted by Crippen LogP contribution is 2.22. The molecular formula is C17H26N4O2. The molecule has 1 aromatic heterocycles. The molecule has 2 amide bonds. The number of carbonyl (C=O) groups excluding carboxylic acids is 2. The van der Waals surface area contributed by atoms with Gasteiger partial charge >= 0.3 is 11.8 Å². The number of aromatic nitrogens is 1. The van der Waals surface area contributed by atoms with Crippen molar-refractivity contribution in [1.29, 1.82) is 0 Å². The lowest BCUT2D eigenvalue weighted by Crippen LogP contribution is -2.49. The van der Waals surface area contributed by atoms with Gasteiger partial charge in [0.1, 0.15) is 0 Å². The minimum absolute atomic E-state index is 0.399. The summed E-state index contributed by atoms with van der Waals surface area (Å²) in [5.74, 6) is -0.692. The van der Waals surface area contributed by atoms with Crippen molar-refractivity contribution in [3.63, 3.8) is 0 Å². The topological polar surface area (TPSA) is 74.3 Å². The van der Waals surface area contributed by atoms with Gasteiger partial charge < -0.3 is 15.5 Å². The average molecular weight is 318 g/mol. The van der Waals surface area contributed by atoms with Gasteiger partial charge in [0, 0.05) is 43.3 Å². The Morgan fingerprint density at radius 2 is 1.78 bits per heavy atom. The molecule has 1 aromatic rings. The summed E-state index contributed by atoms with van der Waals surface area (Å²) in [7, 11) is 0. The summed E-state index contributed by atoms with van der Waals surface area (Å²) in [5.41, 5.74) is 0.789. The SMILES string of the molecule is CC(C)(C)NC(=O)C(=O)NCC1CCN(c2ccncc2)CC1. The first-order valence-electron chi connectivity index (χ1n) is 8.10. The van der Waals surface area contributed by atoms with Crippen LogP contribution < -0.4 is 15.5 Å². The fraction of sp³-hybridized carbons (Fsp3) is 0.588. The van der Waals surface area contributed by atoms with Crippen LogP contribution in [0.15, 0.2) is 24.5 Å². The van der Waals surface area contributed by atoms with Gasteiger partial charge in [-0.25, -0.2) is 0 Å². The molecule has 2 N–H and O–H groups in total. The highest BCUT2D eigenvalue weighted by molar-refractivity contribution is 6.35. The molecule has 0 radical (unpaired) electrons. The molecule has 2 rings (SSSR count). The Morgan fingerprint density at radius 1 is 1.17 bits per heavy atom. The van der Waals surface area contributed by atoms with Crippen molar-refractivity contribution in [2.24, 2.45) is 5.92 Å². The zero-order valence-corrected chi connectivity index (χ0v) is 14.1. The molecule has 1 aliphatic rings. The first-order chi connectivity index (χ1) is 10.8. The second-order valence-electron chi connectivity index (χ2n) is 7.05. The average Bonchev–Trinajstić information content (AvgIpc) is 2.52. The van der Waals surface area contributed by atoms with Crippen LogP contribution in [-0.2, 0) is 9.59 Å². The van der Waals surface area contributed by atoms with E-state index >= 15 is 0 Å². The molecule has 1 fully saturated rings. The van der Waals surface area contributed by atoms with E-state index in [9.17, 15) is 9.59 Å². The second-order valence-corrected chi connectivity index (χ2v) is 7.05. The lowest BCUT2D eigenvalue weighted by atomic mass is 9.96. The predicted molar refractivity (Wildman–Crippen MR) is 90.1 cm³/mol. The fourth-order valence-corrected chi connectivity index (χ4v) is 2.66. The van der Waals surface area contributed by atoms with E-state index < -0.39 is 17.4 Å². The van der Waals surface area contributed by atoms with Gasteiger partial charge in [0.05, 0.1) is 0 Å². The van der Waals surface area contributed by atoms with Crippen LogP contribution in [0.2, 0.25) is 0 Å². The summed E-state index contributed by atoms with van der Waals surface area (Å²) in [6.07, 6.45) is 5.61. The van der Waals surface area contributed by atoms with Crippen molar-refractivity contribution in [3.8, 4) is 0 Å². The first-order valence-corrected chi connectivity index (χ1v) is 8.10. The van der Waals surface area contributed by atoms with Gasteiger partial charge in [0.15, 0.2) is 0 Å². The molecule has 2 heterocycles. The lowest BCUT2D eigenvalue weighted by Gasteiger charge is -2.33. The normalized spacial score (nSPS) is 16.0. The summed E-state index contributed by atoms with van der Waals surface area (Å²) in [6, 6.07) is 4.03. The highest BCUT2D eigenvalue weighted by atomic mass is 16.2. The van der Waals surface area contributed by atoms with Crippen LogP contribution in [0.5, 0.6) is 0 Å². The van der Waals surface area contributed by atoms with Gasteiger partial charge in [-0.1, -0.05) is 0 Å². The molecule has 23 heavy (non-hydrogen) atoms. The summed E-state index contributed by atoms with van der Waals surface area (Å²) < 4.78 is 0. The maximum absolute atomic E-state index is 11.8. The predicted octanol–water partition coefficient (Wildman–Crippen LogP) is 1.33. The molecule has 0 atom stereocenters. The van der Waals surface area contributed by atoms with Crippen LogP contribution in [0, 0.1) is 5.92 Å². The largest absolute Gasteiger partial charge is 0.371 e. The van der Waals surface area contributed by atoms with Crippen molar-refractivity contribution < 1.29 is 9.59 Å². The molecular weight excluding hydrogens is 292 g/mol. The van der Waals surface area contributed by atoms with Crippen molar-refractivity contribution in [2.75, 3.05) is 24.5 Å². The van der Waals surface area contributed by atoms with Crippen LogP contribution in [0.4, 0.5) is 5.69 Å². The van der Waals surface area contributed by atoms with Crippen LogP contribution in [0.3, 0.4) is 0 Å². The quantitative estimate of drug-likeness (QED) is 0.825. The summed E-state index contributed by atoms with van der Waals surface area (Å²) in [6.45, 7) is 8.03. The van der Waals surface area contributed by atoms with E-state index in [0.717, 1.165) is 25.9 Å². The molecule has 0 bridgehead atoms. The molecule has 0 unspecified atom stereocenters. The Bertz CT molecular complexity index is 531. The number of rotatable bonds is 3. The summed E-state index contributed by atoms with van der Waals surface area (Å²) in [5, 5.41) is 5.42. The molecule has 0 aliphatic carbocycles. The number of carbonyl (C=O) groups is 2. The Morgan fingerprint density at radius 3 is 2.35 bits per heavy atom. The standard InChI is InChI=1S/C17H26N4O2/c1-17(2,3)20-16(23)15(22)19-12-13-6-10-21(11-7-13)14-4-8-18-9-5-14/h4-5,8-9,13H,6-7,10-12H2,1-3H3,(H,19,22)(H,20,23). The van der Waals surface area contributed by atoms with Gasteiger partial charge in [-0.05, 0) is 51.7 Å². The molecule has 6 nitrogen and oxygen atoms in total. The molecule has 1 saturated heterocycles. The van der Waals surface area contributed by atoms with Crippen LogP contribution in [0.1, 0.15) is 33.6 Å². The van der Waals surface area contributed by atoms with E-state index in [1.807, 2.05) is 32.9 Å². The number of pyridine rings is 1. The van der Waals surface area contributed by atoms with Gasteiger partial charge in [0.25, 0.3) is 0 Å². The lowest BCUT2D eigenvalue weighted by molar-refractivity contribution is -0.140. The minimum atomic E-state index is -0.563. The zero-order chi connectivity index (χ0) is 16.9. The van der Waals surface area contributed by atoms with Crippen molar-refractivity contribution in [3.05, 3.63) is 24.5 Å². The summed E-state index contributed by atoms with van der Waals surface area (Å²) >= 11 is 0. The van der Waals surface area contributed by atoms with Crippen molar-refractivity contribution in [1.82, 2.24) is 15.6 Å². The molecule has 0 spiro atoms. The second kappa shape index (κ2) is 7.44. The third kappa shape index (κ3) is 5.54. The number of amides is 2. The van der Waals surface area contributed by atoms with E-state index in [4.69, 9.17) is 0 Å². The molecule has 6 heteroatoms. The zero-order valence-electron chi connectivity index (χ0n) is 14.1. The van der Waals surface area contributed by atoms with Gasteiger partial charge in [-0.15, -0.1) is 0 Å². The van der Waals surface area contributed by atoms with Gasteiger partial charge in [0.2, 0.25) is 0 Å². The molecule has 0 aromatic carbocycles. The van der Waals surface area contributed by atoms with Crippen LogP contribution in [0.25, 0.3) is 0 Å². The Labute approximate surface area is 137 Å². The van der Waals surface area contributed by atoms with Gasteiger partial charge in [-0.3, -0.25) is 14.6 Å². The molecule has 0 saturated carbocycles. The van der Waals surface area contributed by atoms with Crippen LogP contribution in [-0.4, -0.2) is 42.0 Å². The third-order valence-corrected chi connectivity index (χ3v) is 3.89. The monoisotopic (exact) mass is 318 g/mol. The van der Waals surface area contributed by atoms with E-state index in [0.29, 0.717) is 12.5 Å². The fourth-order valence-electron chi connectivity index (χ4n) is 2.66. The van der Waals surface area contributed by atoms with Gasteiger partial charge in [-0.2, -0.15) is 0 Å². The number of piperidine rings is 1. The Kier molecular flexibility index (Phi) is 5.58. The summed E-state index contributed by atoms with van der Waals surface area (Å²) in [4.78, 5) is 29.9. The Hall–Kier alpha value is -2.11. The third-order valence-electron chi connectivity index (χ3n) is 3.89. The smallest absolute Gasteiger partial charge is 0.309 e. The number of hydrogen-bond donors (Lipinski definition) is 2.